The lowest BCUT2D eigenvalue weighted by Crippen LogP contribution is -2.15. The van der Waals surface area contributed by atoms with Crippen LogP contribution in [0.25, 0.3) is 21.8 Å². The summed E-state index contributed by atoms with van der Waals surface area (Å²) in [5.74, 6) is 0. The molecule has 0 amide bonds. The van der Waals surface area contributed by atoms with Crippen molar-refractivity contribution in [2.75, 3.05) is 0 Å². The number of H-pyrrole nitrogens is 1. The second-order valence-electron chi connectivity index (χ2n) is 3.86. The highest BCUT2D eigenvalue weighted by Gasteiger charge is 2.07. The van der Waals surface area contributed by atoms with E-state index in [9.17, 15) is 4.79 Å². The summed E-state index contributed by atoms with van der Waals surface area (Å²) >= 11 is 0. The minimum absolute atomic E-state index is 0.0335. The van der Waals surface area contributed by atoms with Gasteiger partial charge >= 0.3 is 5.69 Å². The van der Waals surface area contributed by atoms with E-state index in [-0.39, 0.29) is 5.69 Å². The fourth-order valence-electron chi connectivity index (χ4n) is 2.23. The molecule has 2 aromatic carbocycles. The molecule has 0 unspecified atom stereocenters. The van der Waals surface area contributed by atoms with Crippen LogP contribution >= 0.6 is 0 Å². The van der Waals surface area contributed by atoms with Crippen LogP contribution < -0.4 is 5.69 Å². The number of benzene rings is 2. The molecule has 0 saturated heterocycles. The van der Waals surface area contributed by atoms with Crippen LogP contribution in [-0.2, 0) is 6.54 Å². The highest BCUT2D eigenvalue weighted by Crippen LogP contribution is 2.22. The second kappa shape index (κ2) is 3.23. The van der Waals surface area contributed by atoms with E-state index >= 15 is 0 Å². The first-order valence-corrected chi connectivity index (χ1v) is 5.41. The van der Waals surface area contributed by atoms with Gasteiger partial charge in [0.2, 0.25) is 0 Å². The normalized spacial score (nSPS) is 11.3. The molecule has 0 radical (unpaired) electrons. The predicted molar refractivity (Wildman–Crippen MR) is 65.7 cm³/mol. The molecule has 0 fully saturated rings. The monoisotopic (exact) mass is 212 g/mol. The molecule has 1 N–H and O–H groups in total. The van der Waals surface area contributed by atoms with Crippen LogP contribution in [0, 0.1) is 0 Å². The Kier molecular flexibility index (Phi) is 1.86. The van der Waals surface area contributed by atoms with E-state index in [2.05, 4.69) is 17.1 Å². The smallest absolute Gasteiger partial charge is 0.306 e. The molecule has 3 heteroatoms. The summed E-state index contributed by atoms with van der Waals surface area (Å²) in [5.41, 5.74) is 1.88. The summed E-state index contributed by atoms with van der Waals surface area (Å²) < 4.78 is 1.78. The lowest BCUT2D eigenvalue weighted by atomic mass is 10.1. The number of nitrogens with one attached hydrogen (secondary N) is 1. The van der Waals surface area contributed by atoms with Crippen molar-refractivity contribution in [1.82, 2.24) is 9.55 Å². The van der Waals surface area contributed by atoms with Crippen molar-refractivity contribution in [3.8, 4) is 0 Å². The van der Waals surface area contributed by atoms with Gasteiger partial charge in [-0.05, 0) is 18.4 Å². The zero-order chi connectivity index (χ0) is 11.1. The fraction of sp³-hybridized carbons (Fsp3) is 0.154. The van der Waals surface area contributed by atoms with Gasteiger partial charge in [-0.1, -0.05) is 30.3 Å². The highest BCUT2D eigenvalue weighted by molar-refractivity contribution is 6.04. The lowest BCUT2D eigenvalue weighted by molar-refractivity contribution is 0.755. The largest absolute Gasteiger partial charge is 0.326 e. The quantitative estimate of drug-likeness (QED) is 0.661. The van der Waals surface area contributed by atoms with E-state index in [1.165, 1.54) is 0 Å². The number of fused-ring (bicyclic) bond motifs is 3. The van der Waals surface area contributed by atoms with Crippen LogP contribution in [0.1, 0.15) is 6.92 Å². The van der Waals surface area contributed by atoms with Crippen molar-refractivity contribution in [2.45, 2.75) is 13.5 Å². The molecule has 16 heavy (non-hydrogen) atoms. The van der Waals surface area contributed by atoms with E-state index in [0.717, 1.165) is 21.8 Å². The first-order valence-electron chi connectivity index (χ1n) is 5.41. The SMILES string of the molecule is CCn1c(=O)[nH]c2ccc3ccccc3c21. The molecule has 0 aliphatic heterocycles. The van der Waals surface area contributed by atoms with Crippen molar-refractivity contribution in [3.63, 3.8) is 0 Å². The zero-order valence-corrected chi connectivity index (χ0v) is 9.03. The second-order valence-corrected chi connectivity index (χ2v) is 3.86. The predicted octanol–water partition coefficient (Wildman–Crippen LogP) is 2.50. The van der Waals surface area contributed by atoms with Crippen LogP contribution in [-0.4, -0.2) is 9.55 Å². The summed E-state index contributed by atoms with van der Waals surface area (Å²) in [4.78, 5) is 14.6. The standard InChI is InChI=1S/C13H12N2O/c1-2-15-12-10-6-4-3-5-9(10)7-8-11(12)14-13(15)16/h3-8H,2H2,1H3,(H,14,16). The van der Waals surface area contributed by atoms with E-state index in [1.807, 2.05) is 31.2 Å². The van der Waals surface area contributed by atoms with Crippen LogP contribution in [0.2, 0.25) is 0 Å². The van der Waals surface area contributed by atoms with Crippen LogP contribution in [0.5, 0.6) is 0 Å². The summed E-state index contributed by atoms with van der Waals surface area (Å²) in [7, 11) is 0. The Labute approximate surface area is 92.3 Å². The van der Waals surface area contributed by atoms with Gasteiger partial charge < -0.3 is 4.98 Å². The number of hydrogen-bond acceptors (Lipinski definition) is 1. The van der Waals surface area contributed by atoms with Crippen molar-refractivity contribution >= 4 is 21.8 Å². The maximum Gasteiger partial charge on any atom is 0.326 e. The molecule has 3 rings (SSSR count). The zero-order valence-electron chi connectivity index (χ0n) is 9.03. The summed E-state index contributed by atoms with van der Waals surface area (Å²) in [6.45, 7) is 2.67. The van der Waals surface area contributed by atoms with Crippen molar-refractivity contribution in [3.05, 3.63) is 46.9 Å². The summed E-state index contributed by atoms with van der Waals surface area (Å²) in [6, 6.07) is 12.1. The van der Waals surface area contributed by atoms with Gasteiger partial charge in [0, 0.05) is 11.9 Å². The number of nitrogens with zero attached hydrogens (tertiary/aromatic N) is 1. The Morgan fingerprint density at radius 1 is 1.19 bits per heavy atom. The molecule has 3 nitrogen and oxygen atoms in total. The molecule has 3 aromatic rings. The first-order chi connectivity index (χ1) is 7.81. The van der Waals surface area contributed by atoms with Gasteiger partial charge in [-0.2, -0.15) is 0 Å². The van der Waals surface area contributed by atoms with E-state index in [0.29, 0.717) is 6.54 Å². The Balaban J connectivity index is 2.62. The topological polar surface area (TPSA) is 37.8 Å². The molecular weight excluding hydrogens is 200 g/mol. The molecule has 1 heterocycles. The molecule has 0 atom stereocenters. The number of rotatable bonds is 1. The Morgan fingerprint density at radius 3 is 2.81 bits per heavy atom. The molecule has 80 valence electrons. The minimum Gasteiger partial charge on any atom is -0.306 e. The van der Waals surface area contributed by atoms with Gasteiger partial charge in [-0.3, -0.25) is 4.57 Å². The Hall–Kier alpha value is -2.03. The van der Waals surface area contributed by atoms with Gasteiger partial charge in [0.05, 0.1) is 11.0 Å². The molecule has 0 aliphatic carbocycles. The van der Waals surface area contributed by atoms with Crippen LogP contribution in [0.15, 0.2) is 41.2 Å². The maximum atomic E-state index is 11.7. The summed E-state index contributed by atoms with van der Waals surface area (Å²) in [5, 5.41) is 2.29. The third-order valence-electron chi connectivity index (χ3n) is 2.97. The molecule has 0 aliphatic rings. The lowest BCUT2D eigenvalue weighted by Gasteiger charge is -2.02. The van der Waals surface area contributed by atoms with Crippen molar-refractivity contribution in [1.29, 1.82) is 0 Å². The molecular formula is C13H12N2O. The maximum absolute atomic E-state index is 11.7. The van der Waals surface area contributed by atoms with Crippen molar-refractivity contribution in [2.24, 2.45) is 0 Å². The number of aryl methyl sites for hydroxylation is 1. The molecule has 1 aromatic heterocycles. The molecule has 0 spiro atoms. The number of aromatic amines is 1. The summed E-state index contributed by atoms with van der Waals surface area (Å²) in [6.07, 6.45) is 0. The number of imidazole rings is 1. The van der Waals surface area contributed by atoms with E-state index < -0.39 is 0 Å². The minimum atomic E-state index is -0.0335. The van der Waals surface area contributed by atoms with Crippen molar-refractivity contribution < 1.29 is 0 Å². The fourth-order valence-corrected chi connectivity index (χ4v) is 2.23. The number of hydrogen-bond donors (Lipinski definition) is 1. The number of aromatic nitrogens is 2. The van der Waals surface area contributed by atoms with Gasteiger partial charge in [0.25, 0.3) is 0 Å². The van der Waals surface area contributed by atoms with Crippen LogP contribution in [0.3, 0.4) is 0 Å². The van der Waals surface area contributed by atoms with Gasteiger partial charge in [0.1, 0.15) is 0 Å². The van der Waals surface area contributed by atoms with E-state index in [1.54, 1.807) is 4.57 Å². The van der Waals surface area contributed by atoms with Gasteiger partial charge in [-0.25, -0.2) is 4.79 Å². The van der Waals surface area contributed by atoms with Gasteiger partial charge in [-0.15, -0.1) is 0 Å². The average Bonchev–Trinajstić information content (AvgIpc) is 2.65. The third kappa shape index (κ3) is 1.11. The average molecular weight is 212 g/mol. The Morgan fingerprint density at radius 2 is 2.00 bits per heavy atom. The molecule has 0 bridgehead atoms. The van der Waals surface area contributed by atoms with E-state index in [4.69, 9.17) is 0 Å². The van der Waals surface area contributed by atoms with Crippen LogP contribution in [0.4, 0.5) is 0 Å². The molecule has 0 saturated carbocycles. The Bertz CT molecular complexity index is 721. The highest BCUT2D eigenvalue weighted by atomic mass is 16.1. The third-order valence-corrected chi connectivity index (χ3v) is 2.97. The van der Waals surface area contributed by atoms with Gasteiger partial charge in [0.15, 0.2) is 0 Å². The first kappa shape index (κ1) is 9.21.